The minimum absolute atomic E-state index is 0.598. The van der Waals surface area contributed by atoms with E-state index in [-0.39, 0.29) is 0 Å². The Hall–Kier alpha value is -1.55. The summed E-state index contributed by atoms with van der Waals surface area (Å²) < 4.78 is 7.62. The number of piperidine rings is 1. The number of hydrogen-bond donors (Lipinski definition) is 1. The first-order valence-corrected chi connectivity index (χ1v) is 6.50. The first-order valence-electron chi connectivity index (χ1n) is 6.50. The lowest BCUT2D eigenvalue weighted by molar-refractivity contribution is 0.403. The Morgan fingerprint density at radius 1 is 1.50 bits per heavy atom. The standard InChI is InChI=1S/C14H19N3O/c1-17-12-5-7-16-14(18-2)11(12)8-13(17)10-4-3-6-15-9-10/h5,7-8,10,15H,3-4,6,9H2,1-2H3. The normalized spacial score (nSPS) is 20.2. The Bertz CT molecular complexity index is 555. The predicted molar refractivity (Wildman–Crippen MR) is 72.1 cm³/mol. The van der Waals surface area contributed by atoms with Crippen LogP contribution in [0.2, 0.25) is 0 Å². The van der Waals surface area contributed by atoms with Crippen LogP contribution in [-0.4, -0.2) is 29.8 Å². The van der Waals surface area contributed by atoms with Gasteiger partial charge in [-0.2, -0.15) is 0 Å². The van der Waals surface area contributed by atoms with Gasteiger partial charge in [-0.3, -0.25) is 0 Å². The van der Waals surface area contributed by atoms with Crippen LogP contribution in [0.1, 0.15) is 24.5 Å². The van der Waals surface area contributed by atoms with Crippen LogP contribution in [0.25, 0.3) is 10.9 Å². The second-order valence-electron chi connectivity index (χ2n) is 4.92. The van der Waals surface area contributed by atoms with Crippen LogP contribution in [0.3, 0.4) is 0 Å². The summed E-state index contributed by atoms with van der Waals surface area (Å²) in [5.74, 6) is 1.32. The Balaban J connectivity index is 2.09. The van der Waals surface area contributed by atoms with Gasteiger partial charge >= 0.3 is 0 Å². The molecule has 1 saturated heterocycles. The van der Waals surface area contributed by atoms with E-state index >= 15 is 0 Å². The number of rotatable bonds is 2. The SMILES string of the molecule is COc1nccc2c1cc(C1CCCNC1)n2C. The molecule has 0 amide bonds. The first-order chi connectivity index (χ1) is 8.81. The Morgan fingerprint density at radius 2 is 2.39 bits per heavy atom. The van der Waals surface area contributed by atoms with Gasteiger partial charge in [-0.1, -0.05) is 0 Å². The van der Waals surface area contributed by atoms with Crippen molar-refractivity contribution in [1.82, 2.24) is 14.9 Å². The number of methoxy groups -OCH3 is 1. The molecule has 0 aliphatic carbocycles. The fraction of sp³-hybridized carbons (Fsp3) is 0.500. The van der Waals surface area contributed by atoms with Crippen molar-refractivity contribution in [2.45, 2.75) is 18.8 Å². The molecule has 0 radical (unpaired) electrons. The van der Waals surface area contributed by atoms with Crippen LogP contribution < -0.4 is 10.1 Å². The molecule has 2 aromatic heterocycles. The average Bonchev–Trinajstić information content (AvgIpc) is 2.77. The second kappa shape index (κ2) is 4.61. The molecule has 3 rings (SSSR count). The smallest absolute Gasteiger partial charge is 0.222 e. The Labute approximate surface area is 107 Å². The number of fused-ring (bicyclic) bond motifs is 1. The maximum Gasteiger partial charge on any atom is 0.222 e. The maximum absolute atomic E-state index is 5.34. The lowest BCUT2D eigenvalue weighted by Crippen LogP contribution is -2.29. The van der Waals surface area contributed by atoms with Gasteiger partial charge in [0, 0.05) is 31.4 Å². The zero-order valence-electron chi connectivity index (χ0n) is 10.9. The summed E-state index contributed by atoms with van der Waals surface area (Å²) in [6.45, 7) is 2.21. The van der Waals surface area contributed by atoms with Crippen molar-refractivity contribution in [2.24, 2.45) is 7.05 Å². The van der Waals surface area contributed by atoms with E-state index < -0.39 is 0 Å². The second-order valence-corrected chi connectivity index (χ2v) is 4.92. The number of aryl methyl sites for hydroxylation is 1. The van der Waals surface area contributed by atoms with Crippen molar-refractivity contribution in [3.8, 4) is 5.88 Å². The van der Waals surface area contributed by atoms with Crippen LogP contribution in [0.15, 0.2) is 18.3 Å². The summed E-state index contributed by atoms with van der Waals surface area (Å²) in [4.78, 5) is 4.27. The predicted octanol–water partition coefficient (Wildman–Crippen LogP) is 2.05. The highest BCUT2D eigenvalue weighted by atomic mass is 16.5. The van der Waals surface area contributed by atoms with Crippen molar-refractivity contribution in [3.63, 3.8) is 0 Å². The van der Waals surface area contributed by atoms with Gasteiger partial charge in [0.1, 0.15) is 0 Å². The number of pyridine rings is 1. The van der Waals surface area contributed by atoms with Crippen LogP contribution in [0, 0.1) is 0 Å². The van der Waals surface area contributed by atoms with Crippen molar-refractivity contribution in [3.05, 3.63) is 24.0 Å². The van der Waals surface area contributed by atoms with Crippen molar-refractivity contribution in [1.29, 1.82) is 0 Å². The zero-order valence-corrected chi connectivity index (χ0v) is 10.9. The minimum atomic E-state index is 0.598. The molecule has 1 N–H and O–H groups in total. The molecule has 1 aliphatic heterocycles. The van der Waals surface area contributed by atoms with E-state index in [1.165, 1.54) is 24.1 Å². The lowest BCUT2D eigenvalue weighted by atomic mass is 9.96. The molecule has 0 spiro atoms. The largest absolute Gasteiger partial charge is 0.481 e. The molecule has 0 aromatic carbocycles. The molecule has 1 fully saturated rings. The minimum Gasteiger partial charge on any atom is -0.481 e. The van der Waals surface area contributed by atoms with E-state index in [4.69, 9.17) is 4.74 Å². The zero-order chi connectivity index (χ0) is 12.5. The van der Waals surface area contributed by atoms with Crippen molar-refractivity contribution >= 4 is 10.9 Å². The number of aromatic nitrogens is 2. The summed E-state index contributed by atoms with van der Waals surface area (Å²) in [6, 6.07) is 4.29. The van der Waals surface area contributed by atoms with E-state index in [0.717, 1.165) is 24.4 Å². The highest BCUT2D eigenvalue weighted by molar-refractivity contribution is 5.85. The summed E-state index contributed by atoms with van der Waals surface area (Å²) in [7, 11) is 3.81. The van der Waals surface area contributed by atoms with Crippen molar-refractivity contribution < 1.29 is 4.74 Å². The van der Waals surface area contributed by atoms with E-state index in [1.54, 1.807) is 7.11 Å². The third-order valence-corrected chi connectivity index (χ3v) is 3.88. The summed E-state index contributed by atoms with van der Waals surface area (Å²) >= 11 is 0. The Kier molecular flexibility index (Phi) is 2.96. The van der Waals surface area contributed by atoms with Gasteiger partial charge in [-0.15, -0.1) is 0 Å². The molecule has 0 bridgehead atoms. The molecule has 0 saturated carbocycles. The third-order valence-electron chi connectivity index (χ3n) is 3.88. The Morgan fingerprint density at radius 3 is 3.11 bits per heavy atom. The first kappa shape index (κ1) is 11.5. The van der Waals surface area contributed by atoms with Crippen LogP contribution in [-0.2, 0) is 7.05 Å². The van der Waals surface area contributed by atoms with Gasteiger partial charge < -0.3 is 14.6 Å². The molecule has 96 valence electrons. The van der Waals surface area contributed by atoms with E-state index in [0.29, 0.717) is 5.92 Å². The van der Waals surface area contributed by atoms with Gasteiger partial charge in [0.15, 0.2) is 0 Å². The molecule has 1 atom stereocenters. The number of ether oxygens (including phenoxy) is 1. The molecule has 3 heterocycles. The van der Waals surface area contributed by atoms with Crippen LogP contribution >= 0.6 is 0 Å². The van der Waals surface area contributed by atoms with Gasteiger partial charge in [-0.05, 0) is 31.5 Å². The summed E-state index contributed by atoms with van der Waals surface area (Å²) in [5, 5.41) is 4.59. The molecular weight excluding hydrogens is 226 g/mol. The quantitative estimate of drug-likeness (QED) is 0.880. The van der Waals surface area contributed by atoms with E-state index in [9.17, 15) is 0 Å². The number of hydrogen-bond acceptors (Lipinski definition) is 3. The van der Waals surface area contributed by atoms with E-state index in [2.05, 4.69) is 34.0 Å². The monoisotopic (exact) mass is 245 g/mol. The molecule has 2 aromatic rings. The fourth-order valence-electron chi connectivity index (χ4n) is 2.92. The fourth-order valence-corrected chi connectivity index (χ4v) is 2.92. The number of nitrogens with zero attached hydrogens (tertiary/aromatic N) is 2. The van der Waals surface area contributed by atoms with Crippen LogP contribution in [0.4, 0.5) is 0 Å². The van der Waals surface area contributed by atoms with E-state index in [1.807, 2.05) is 6.20 Å². The van der Waals surface area contributed by atoms with Gasteiger partial charge in [-0.25, -0.2) is 4.98 Å². The van der Waals surface area contributed by atoms with Crippen LogP contribution in [0.5, 0.6) is 5.88 Å². The molecule has 18 heavy (non-hydrogen) atoms. The van der Waals surface area contributed by atoms with Gasteiger partial charge in [0.2, 0.25) is 5.88 Å². The van der Waals surface area contributed by atoms with Gasteiger partial charge in [0.25, 0.3) is 0 Å². The number of nitrogens with one attached hydrogen (secondary N) is 1. The van der Waals surface area contributed by atoms with Gasteiger partial charge in [0.05, 0.1) is 18.0 Å². The lowest BCUT2D eigenvalue weighted by Gasteiger charge is -2.23. The molecule has 1 aliphatic rings. The average molecular weight is 245 g/mol. The maximum atomic E-state index is 5.34. The molecule has 4 heteroatoms. The topological polar surface area (TPSA) is 39.1 Å². The molecule has 4 nitrogen and oxygen atoms in total. The molecule has 1 unspecified atom stereocenters. The van der Waals surface area contributed by atoms with Crippen molar-refractivity contribution in [2.75, 3.05) is 20.2 Å². The summed E-state index contributed by atoms with van der Waals surface area (Å²) in [6.07, 6.45) is 4.32. The third kappa shape index (κ3) is 1.77. The highest BCUT2D eigenvalue weighted by Gasteiger charge is 2.20. The summed E-state index contributed by atoms with van der Waals surface area (Å²) in [5.41, 5.74) is 2.57. The highest BCUT2D eigenvalue weighted by Crippen LogP contribution is 2.31. The molecular formula is C14H19N3O.